The minimum Gasteiger partial charge on any atom is -0.397 e. The van der Waals surface area contributed by atoms with Crippen LogP contribution in [0.5, 0.6) is 0 Å². The fraction of sp³-hybridized carbons (Fsp3) is 0. The molecule has 4 heteroatoms. The molecule has 0 aliphatic heterocycles. The monoisotopic (exact) mass is 189 g/mol. The maximum atomic E-state index is 13.4. The first-order valence-electron chi connectivity index (χ1n) is 4.09. The van der Waals surface area contributed by atoms with Crippen LogP contribution in [-0.2, 0) is 0 Å². The SMILES string of the molecule is Nc1cnc(-c2ccncc2)c(F)c1. The van der Waals surface area contributed by atoms with E-state index in [1.54, 1.807) is 24.5 Å². The quantitative estimate of drug-likeness (QED) is 0.744. The highest BCUT2D eigenvalue weighted by molar-refractivity contribution is 5.60. The van der Waals surface area contributed by atoms with Gasteiger partial charge in [0.1, 0.15) is 5.69 Å². The van der Waals surface area contributed by atoms with Gasteiger partial charge in [-0.15, -0.1) is 0 Å². The molecule has 0 saturated carbocycles. The summed E-state index contributed by atoms with van der Waals surface area (Å²) >= 11 is 0. The van der Waals surface area contributed by atoms with Crippen LogP contribution in [0.4, 0.5) is 10.1 Å². The fourth-order valence-electron chi connectivity index (χ4n) is 1.17. The van der Waals surface area contributed by atoms with Gasteiger partial charge in [-0.25, -0.2) is 4.39 Å². The summed E-state index contributed by atoms with van der Waals surface area (Å²) in [6, 6.07) is 4.64. The number of nitrogens with two attached hydrogens (primary N) is 1. The lowest BCUT2D eigenvalue weighted by Gasteiger charge is -2.01. The Labute approximate surface area is 80.4 Å². The summed E-state index contributed by atoms with van der Waals surface area (Å²) in [6.45, 7) is 0. The highest BCUT2D eigenvalue weighted by Crippen LogP contribution is 2.20. The Morgan fingerprint density at radius 2 is 1.93 bits per heavy atom. The van der Waals surface area contributed by atoms with Crippen molar-refractivity contribution in [2.24, 2.45) is 0 Å². The number of rotatable bonds is 1. The zero-order valence-electron chi connectivity index (χ0n) is 7.31. The van der Waals surface area contributed by atoms with E-state index in [1.165, 1.54) is 12.3 Å². The number of aromatic nitrogens is 2. The smallest absolute Gasteiger partial charge is 0.151 e. The van der Waals surface area contributed by atoms with E-state index in [2.05, 4.69) is 9.97 Å². The first-order chi connectivity index (χ1) is 6.77. The van der Waals surface area contributed by atoms with E-state index >= 15 is 0 Å². The molecule has 2 N–H and O–H groups in total. The van der Waals surface area contributed by atoms with E-state index < -0.39 is 5.82 Å². The Bertz CT molecular complexity index is 442. The Kier molecular flexibility index (Phi) is 2.10. The Morgan fingerprint density at radius 1 is 1.21 bits per heavy atom. The first kappa shape index (κ1) is 8.62. The number of hydrogen-bond acceptors (Lipinski definition) is 3. The van der Waals surface area contributed by atoms with Crippen molar-refractivity contribution in [1.29, 1.82) is 0 Å². The second kappa shape index (κ2) is 3.41. The van der Waals surface area contributed by atoms with Gasteiger partial charge < -0.3 is 5.73 Å². The van der Waals surface area contributed by atoms with E-state index in [1.807, 2.05) is 0 Å². The summed E-state index contributed by atoms with van der Waals surface area (Å²) in [7, 11) is 0. The van der Waals surface area contributed by atoms with Gasteiger partial charge in [0.2, 0.25) is 0 Å². The molecule has 70 valence electrons. The Morgan fingerprint density at radius 3 is 2.57 bits per heavy atom. The molecule has 3 nitrogen and oxygen atoms in total. The largest absolute Gasteiger partial charge is 0.397 e. The van der Waals surface area contributed by atoms with Gasteiger partial charge in [-0.05, 0) is 12.1 Å². The molecule has 0 aromatic carbocycles. The van der Waals surface area contributed by atoms with Gasteiger partial charge in [-0.2, -0.15) is 0 Å². The van der Waals surface area contributed by atoms with Gasteiger partial charge in [0.05, 0.1) is 11.9 Å². The van der Waals surface area contributed by atoms with Gasteiger partial charge >= 0.3 is 0 Å². The molecule has 0 bridgehead atoms. The lowest BCUT2D eigenvalue weighted by molar-refractivity contribution is 0.626. The molecule has 2 rings (SSSR count). The van der Waals surface area contributed by atoms with Crippen molar-refractivity contribution in [3.05, 3.63) is 42.6 Å². The summed E-state index contributed by atoms with van der Waals surface area (Å²) in [6.07, 6.45) is 4.61. The minimum absolute atomic E-state index is 0.293. The average molecular weight is 189 g/mol. The van der Waals surface area contributed by atoms with E-state index in [-0.39, 0.29) is 0 Å². The number of nitrogen functional groups attached to an aromatic ring is 1. The molecule has 0 saturated heterocycles. The number of pyridine rings is 2. The normalized spacial score (nSPS) is 10.1. The predicted molar refractivity (Wildman–Crippen MR) is 51.8 cm³/mol. The Hall–Kier alpha value is -1.97. The van der Waals surface area contributed by atoms with Gasteiger partial charge in [-0.3, -0.25) is 9.97 Å². The second-order valence-corrected chi connectivity index (χ2v) is 2.83. The van der Waals surface area contributed by atoms with Crippen molar-refractivity contribution >= 4 is 5.69 Å². The fourth-order valence-corrected chi connectivity index (χ4v) is 1.17. The molecule has 0 spiro atoms. The summed E-state index contributed by atoms with van der Waals surface area (Å²) in [4.78, 5) is 7.76. The van der Waals surface area contributed by atoms with Gasteiger partial charge in [0, 0.05) is 24.0 Å². The van der Waals surface area contributed by atoms with E-state index in [0.29, 0.717) is 16.9 Å². The van der Waals surface area contributed by atoms with Crippen molar-refractivity contribution in [3.63, 3.8) is 0 Å². The molecule has 14 heavy (non-hydrogen) atoms. The van der Waals surface area contributed by atoms with Crippen molar-refractivity contribution < 1.29 is 4.39 Å². The molecule has 0 aliphatic rings. The highest BCUT2D eigenvalue weighted by Gasteiger charge is 2.05. The molecule has 2 heterocycles. The lowest BCUT2D eigenvalue weighted by atomic mass is 10.1. The molecular formula is C10H8FN3. The molecule has 2 aromatic heterocycles. The van der Waals surface area contributed by atoms with Crippen LogP contribution in [0.25, 0.3) is 11.3 Å². The van der Waals surface area contributed by atoms with E-state index in [4.69, 9.17) is 5.73 Å². The molecule has 0 aliphatic carbocycles. The average Bonchev–Trinajstić information content (AvgIpc) is 2.19. The van der Waals surface area contributed by atoms with Crippen molar-refractivity contribution in [1.82, 2.24) is 9.97 Å². The first-order valence-corrected chi connectivity index (χ1v) is 4.09. The van der Waals surface area contributed by atoms with Crippen molar-refractivity contribution in [2.75, 3.05) is 5.73 Å². The number of anilines is 1. The summed E-state index contributed by atoms with van der Waals surface area (Å²) in [5, 5.41) is 0. The number of hydrogen-bond donors (Lipinski definition) is 1. The topological polar surface area (TPSA) is 51.8 Å². The molecule has 0 radical (unpaired) electrons. The van der Waals surface area contributed by atoms with Crippen LogP contribution < -0.4 is 5.73 Å². The van der Waals surface area contributed by atoms with Crippen LogP contribution in [0.2, 0.25) is 0 Å². The summed E-state index contributed by atoms with van der Waals surface area (Å²) < 4.78 is 13.4. The third-order valence-corrected chi connectivity index (χ3v) is 1.82. The standard InChI is InChI=1S/C10H8FN3/c11-9-5-8(12)6-14-10(9)7-1-3-13-4-2-7/h1-6H,12H2. The third-order valence-electron chi connectivity index (χ3n) is 1.82. The molecule has 2 aromatic rings. The molecule has 0 atom stereocenters. The maximum Gasteiger partial charge on any atom is 0.151 e. The van der Waals surface area contributed by atoms with Crippen LogP contribution in [0.15, 0.2) is 36.8 Å². The summed E-state index contributed by atoms with van der Waals surface area (Å²) in [5.74, 6) is -0.420. The van der Waals surface area contributed by atoms with Crippen molar-refractivity contribution in [2.45, 2.75) is 0 Å². The molecule has 0 fully saturated rings. The number of nitrogens with zero attached hydrogens (tertiary/aromatic N) is 2. The van der Waals surface area contributed by atoms with Gasteiger partial charge in [-0.1, -0.05) is 0 Å². The Balaban J connectivity index is 2.53. The molecule has 0 unspecified atom stereocenters. The lowest BCUT2D eigenvalue weighted by Crippen LogP contribution is -1.93. The summed E-state index contributed by atoms with van der Waals surface area (Å²) in [5.41, 5.74) is 6.70. The van der Waals surface area contributed by atoms with Crippen LogP contribution in [0.1, 0.15) is 0 Å². The van der Waals surface area contributed by atoms with E-state index in [0.717, 1.165) is 0 Å². The molecular weight excluding hydrogens is 181 g/mol. The zero-order valence-corrected chi connectivity index (χ0v) is 7.31. The van der Waals surface area contributed by atoms with Crippen LogP contribution >= 0.6 is 0 Å². The second-order valence-electron chi connectivity index (χ2n) is 2.83. The predicted octanol–water partition coefficient (Wildman–Crippen LogP) is 1.86. The van der Waals surface area contributed by atoms with Crippen LogP contribution in [-0.4, -0.2) is 9.97 Å². The minimum atomic E-state index is -0.420. The van der Waals surface area contributed by atoms with Crippen LogP contribution in [0, 0.1) is 5.82 Å². The van der Waals surface area contributed by atoms with Crippen molar-refractivity contribution in [3.8, 4) is 11.3 Å². The highest BCUT2D eigenvalue weighted by atomic mass is 19.1. The maximum absolute atomic E-state index is 13.4. The van der Waals surface area contributed by atoms with Gasteiger partial charge in [0.15, 0.2) is 5.82 Å². The third kappa shape index (κ3) is 1.54. The van der Waals surface area contributed by atoms with E-state index in [9.17, 15) is 4.39 Å². The van der Waals surface area contributed by atoms with Crippen LogP contribution in [0.3, 0.4) is 0 Å². The van der Waals surface area contributed by atoms with Gasteiger partial charge in [0.25, 0.3) is 0 Å². The number of halogens is 1. The molecule has 0 amide bonds. The zero-order chi connectivity index (χ0) is 9.97.